The van der Waals surface area contributed by atoms with Crippen LogP contribution in [0.2, 0.25) is 0 Å². The van der Waals surface area contributed by atoms with Gasteiger partial charge in [-0.2, -0.15) is 0 Å². The second-order valence-corrected chi connectivity index (χ2v) is 10.2. The van der Waals surface area contributed by atoms with E-state index in [1.54, 1.807) is 51.1 Å². The number of hydrogen-bond donors (Lipinski definition) is 2. The van der Waals surface area contributed by atoms with Crippen molar-refractivity contribution in [1.29, 1.82) is 0 Å². The fraction of sp³-hybridized carbons (Fsp3) is 0.304. The Bertz CT molecular complexity index is 1230. The van der Waals surface area contributed by atoms with Crippen molar-refractivity contribution in [3.63, 3.8) is 0 Å². The normalized spacial score (nSPS) is 16.4. The van der Waals surface area contributed by atoms with Crippen LogP contribution in [0.25, 0.3) is 0 Å². The summed E-state index contributed by atoms with van der Waals surface area (Å²) in [6.45, 7) is 6.33. The quantitative estimate of drug-likeness (QED) is 0.492. The molecule has 1 aliphatic rings. The molecule has 1 aliphatic heterocycles. The summed E-state index contributed by atoms with van der Waals surface area (Å²) in [4.78, 5) is 40.9. The van der Waals surface area contributed by atoms with Gasteiger partial charge in [0.1, 0.15) is 11.9 Å². The third-order valence-corrected chi connectivity index (χ3v) is 6.22. The zero-order valence-corrected chi connectivity index (χ0v) is 19.5. The van der Waals surface area contributed by atoms with Gasteiger partial charge in [0.25, 0.3) is 10.0 Å². The molecule has 9 nitrogen and oxygen atoms in total. The molecule has 0 bridgehead atoms. The average Bonchev–Trinajstić information content (AvgIpc) is 3.01. The SMILES string of the molecule is C[C@H](N=C1NS(=O)(=O)c2ccccc21)C(=O)OCC(=O)c1ccc(NC(=O)C(C)(C)C)cc1. The number of amidine groups is 1. The molecule has 33 heavy (non-hydrogen) atoms. The van der Waals surface area contributed by atoms with Crippen molar-refractivity contribution >= 4 is 39.2 Å². The van der Waals surface area contributed by atoms with Gasteiger partial charge < -0.3 is 10.1 Å². The summed E-state index contributed by atoms with van der Waals surface area (Å²) in [5.74, 6) is -1.30. The first-order chi connectivity index (χ1) is 15.4. The van der Waals surface area contributed by atoms with Gasteiger partial charge in [0.05, 0.1) is 4.90 Å². The van der Waals surface area contributed by atoms with Crippen LogP contribution in [0.1, 0.15) is 43.6 Å². The summed E-state index contributed by atoms with van der Waals surface area (Å²) in [6, 6.07) is 11.5. The second kappa shape index (κ2) is 9.14. The fourth-order valence-corrected chi connectivity index (χ4v) is 4.11. The Morgan fingerprint density at radius 1 is 1.06 bits per heavy atom. The number of anilines is 1. The molecule has 0 radical (unpaired) electrons. The first-order valence-corrected chi connectivity index (χ1v) is 11.7. The van der Waals surface area contributed by atoms with E-state index in [0.29, 0.717) is 16.8 Å². The van der Waals surface area contributed by atoms with E-state index in [2.05, 4.69) is 15.0 Å². The van der Waals surface area contributed by atoms with E-state index in [4.69, 9.17) is 4.74 Å². The Labute approximate surface area is 192 Å². The molecule has 0 saturated carbocycles. The maximum Gasteiger partial charge on any atom is 0.331 e. The number of Topliss-reactive ketones (excluding diaryl/α,β-unsaturated/α-hetero) is 1. The largest absolute Gasteiger partial charge is 0.456 e. The first-order valence-electron chi connectivity index (χ1n) is 10.2. The van der Waals surface area contributed by atoms with E-state index in [1.165, 1.54) is 25.1 Å². The zero-order chi connectivity index (χ0) is 24.4. The lowest BCUT2D eigenvalue weighted by Crippen LogP contribution is -2.28. The number of fused-ring (bicyclic) bond motifs is 1. The molecule has 1 atom stereocenters. The molecule has 2 aromatic carbocycles. The van der Waals surface area contributed by atoms with Gasteiger partial charge in [0, 0.05) is 22.2 Å². The topological polar surface area (TPSA) is 131 Å². The zero-order valence-electron chi connectivity index (χ0n) is 18.7. The number of hydrogen-bond acceptors (Lipinski definition) is 7. The summed E-state index contributed by atoms with van der Waals surface area (Å²) in [6.07, 6.45) is 0. The van der Waals surface area contributed by atoms with Crippen LogP contribution in [0.4, 0.5) is 5.69 Å². The van der Waals surface area contributed by atoms with Crippen LogP contribution >= 0.6 is 0 Å². The van der Waals surface area contributed by atoms with Crippen LogP contribution in [0.3, 0.4) is 0 Å². The van der Waals surface area contributed by atoms with Crippen molar-refractivity contribution in [2.45, 2.75) is 38.6 Å². The number of aliphatic imine (C=N–C) groups is 1. The second-order valence-electron chi connectivity index (χ2n) is 8.57. The monoisotopic (exact) mass is 471 g/mol. The highest BCUT2D eigenvalue weighted by Crippen LogP contribution is 2.23. The van der Waals surface area contributed by atoms with E-state index < -0.39 is 39.8 Å². The molecule has 3 rings (SSSR count). The summed E-state index contributed by atoms with van der Waals surface area (Å²) < 4.78 is 31.7. The highest BCUT2D eigenvalue weighted by Gasteiger charge is 2.31. The number of benzene rings is 2. The minimum Gasteiger partial charge on any atom is -0.456 e. The van der Waals surface area contributed by atoms with Crippen LogP contribution in [0.5, 0.6) is 0 Å². The number of nitrogens with zero attached hydrogens (tertiary/aromatic N) is 1. The minimum absolute atomic E-state index is 0.0502. The van der Waals surface area contributed by atoms with Gasteiger partial charge in [-0.25, -0.2) is 13.2 Å². The molecule has 0 aliphatic carbocycles. The number of nitrogens with one attached hydrogen (secondary N) is 2. The average molecular weight is 472 g/mol. The molecule has 10 heteroatoms. The maximum atomic E-state index is 12.4. The number of rotatable bonds is 6. The smallest absolute Gasteiger partial charge is 0.331 e. The minimum atomic E-state index is -3.72. The lowest BCUT2D eigenvalue weighted by molar-refractivity contribution is -0.143. The van der Waals surface area contributed by atoms with Gasteiger partial charge in [-0.1, -0.05) is 32.9 Å². The lowest BCUT2D eigenvalue weighted by atomic mass is 9.95. The molecule has 174 valence electrons. The third-order valence-electron chi connectivity index (χ3n) is 4.82. The van der Waals surface area contributed by atoms with Crippen molar-refractivity contribution in [2.24, 2.45) is 10.4 Å². The summed E-state index contributed by atoms with van der Waals surface area (Å²) in [5, 5.41) is 2.76. The van der Waals surface area contributed by atoms with Gasteiger partial charge in [0.2, 0.25) is 5.91 Å². The number of amides is 1. The van der Waals surface area contributed by atoms with Crippen LogP contribution in [0, 0.1) is 5.41 Å². The molecule has 0 spiro atoms. The van der Waals surface area contributed by atoms with Gasteiger partial charge >= 0.3 is 5.97 Å². The molecule has 0 unspecified atom stereocenters. The molecular formula is C23H25N3O6S. The fourth-order valence-electron chi connectivity index (χ4n) is 2.87. The Morgan fingerprint density at radius 3 is 2.33 bits per heavy atom. The molecular weight excluding hydrogens is 446 g/mol. The van der Waals surface area contributed by atoms with Gasteiger partial charge in [-0.05, 0) is 43.3 Å². The number of esters is 1. The van der Waals surface area contributed by atoms with E-state index in [1.807, 2.05) is 0 Å². The molecule has 0 saturated heterocycles. The van der Waals surface area contributed by atoms with Gasteiger partial charge in [-0.15, -0.1) is 0 Å². The maximum absolute atomic E-state index is 12.4. The summed E-state index contributed by atoms with van der Waals surface area (Å²) >= 11 is 0. The molecule has 0 fully saturated rings. The van der Waals surface area contributed by atoms with E-state index in [-0.39, 0.29) is 16.6 Å². The van der Waals surface area contributed by atoms with Gasteiger partial charge in [0.15, 0.2) is 12.4 Å². The van der Waals surface area contributed by atoms with E-state index >= 15 is 0 Å². The Morgan fingerprint density at radius 2 is 1.70 bits per heavy atom. The lowest BCUT2D eigenvalue weighted by Gasteiger charge is -2.17. The summed E-state index contributed by atoms with van der Waals surface area (Å²) in [7, 11) is -3.72. The molecule has 1 heterocycles. The molecule has 0 aromatic heterocycles. The van der Waals surface area contributed by atoms with Crippen LogP contribution in [-0.2, 0) is 24.3 Å². The Kier molecular flexibility index (Phi) is 6.68. The molecule has 2 N–H and O–H groups in total. The third kappa shape index (κ3) is 5.64. The highest BCUT2D eigenvalue weighted by molar-refractivity contribution is 7.90. The first kappa shape index (κ1) is 24.1. The van der Waals surface area contributed by atoms with Crippen molar-refractivity contribution in [3.8, 4) is 0 Å². The van der Waals surface area contributed by atoms with Crippen molar-refractivity contribution in [3.05, 3.63) is 59.7 Å². The van der Waals surface area contributed by atoms with Gasteiger partial charge in [-0.3, -0.25) is 19.3 Å². The van der Waals surface area contributed by atoms with Crippen LogP contribution in [0.15, 0.2) is 58.4 Å². The van der Waals surface area contributed by atoms with Crippen molar-refractivity contribution in [2.75, 3.05) is 11.9 Å². The number of sulfonamides is 1. The predicted molar refractivity (Wildman–Crippen MR) is 123 cm³/mol. The van der Waals surface area contributed by atoms with E-state index in [9.17, 15) is 22.8 Å². The number of carbonyl (C=O) groups is 3. The predicted octanol–water partition coefficient (Wildman–Crippen LogP) is 2.52. The standard InChI is InChI=1S/C23H25N3O6S/c1-14(24-20-17-7-5-6-8-19(17)33(30,31)26-20)21(28)32-13-18(27)15-9-11-16(12-10-15)25-22(29)23(2,3)4/h5-12,14H,13H2,1-4H3,(H,24,26)(H,25,29)/t14-/m0/s1. The molecule has 1 amide bonds. The van der Waals surface area contributed by atoms with Crippen molar-refractivity contribution in [1.82, 2.24) is 4.72 Å². The number of ketones is 1. The Balaban J connectivity index is 1.59. The number of ether oxygens (including phenoxy) is 1. The van der Waals surface area contributed by atoms with E-state index in [0.717, 1.165) is 0 Å². The summed E-state index contributed by atoms with van der Waals surface area (Å²) in [5.41, 5.74) is 0.676. The van der Waals surface area contributed by atoms with Crippen LogP contribution < -0.4 is 10.0 Å². The Hall–Kier alpha value is -3.53. The number of carbonyl (C=O) groups excluding carboxylic acids is 3. The molecule has 2 aromatic rings. The van der Waals surface area contributed by atoms with Crippen molar-refractivity contribution < 1.29 is 27.5 Å². The van der Waals surface area contributed by atoms with Crippen LogP contribution in [-0.4, -0.2) is 44.6 Å². The highest BCUT2D eigenvalue weighted by atomic mass is 32.2.